The topological polar surface area (TPSA) is 89.3 Å². The number of primary amides is 1. The van der Waals surface area contributed by atoms with Crippen LogP contribution in [0.2, 0.25) is 0 Å². The van der Waals surface area contributed by atoms with Crippen molar-refractivity contribution in [2.75, 3.05) is 0 Å². The normalized spacial score (nSPS) is 12.8. The third-order valence-electron chi connectivity index (χ3n) is 3.21. The zero-order valence-electron chi connectivity index (χ0n) is 14.2. The van der Waals surface area contributed by atoms with Gasteiger partial charge in [-0.3, -0.25) is 14.4 Å². The number of benzene rings is 1. The van der Waals surface area contributed by atoms with Gasteiger partial charge in [-0.25, -0.2) is 0 Å². The molecule has 0 aliphatic heterocycles. The van der Waals surface area contributed by atoms with Gasteiger partial charge in [0.05, 0.1) is 5.56 Å². The largest absolute Gasteiger partial charge is 0.368 e. The summed E-state index contributed by atoms with van der Waals surface area (Å²) in [4.78, 5) is 36.7. The van der Waals surface area contributed by atoms with Crippen LogP contribution in [0, 0.1) is 11.3 Å². The van der Waals surface area contributed by atoms with Gasteiger partial charge in [0.15, 0.2) is 5.12 Å². The summed E-state index contributed by atoms with van der Waals surface area (Å²) < 4.78 is 0. The molecule has 2 amide bonds. The number of hydrogen-bond donors (Lipinski definition) is 2. The molecule has 0 spiro atoms. The Balaban J connectivity index is 3.02. The molecule has 0 fully saturated rings. The van der Waals surface area contributed by atoms with E-state index >= 15 is 0 Å². The molecule has 6 heteroatoms. The molecule has 5 nitrogen and oxygen atoms in total. The molecule has 23 heavy (non-hydrogen) atoms. The summed E-state index contributed by atoms with van der Waals surface area (Å²) >= 11 is 1.03. The zero-order chi connectivity index (χ0) is 17.8. The van der Waals surface area contributed by atoms with Gasteiger partial charge in [0.2, 0.25) is 5.91 Å². The summed E-state index contributed by atoms with van der Waals surface area (Å²) in [7, 11) is 0. The number of nitrogens with one attached hydrogen (secondary N) is 1. The second-order valence-corrected chi connectivity index (χ2v) is 7.75. The van der Waals surface area contributed by atoms with Gasteiger partial charge in [0.1, 0.15) is 6.04 Å². The van der Waals surface area contributed by atoms with Crippen molar-refractivity contribution in [2.45, 2.75) is 45.6 Å². The second kappa shape index (κ2) is 7.64. The first-order chi connectivity index (χ1) is 10.5. The van der Waals surface area contributed by atoms with Crippen LogP contribution < -0.4 is 11.1 Å². The number of thioether (sulfide) groups is 1. The molecule has 0 heterocycles. The van der Waals surface area contributed by atoms with Crippen LogP contribution in [0.25, 0.3) is 0 Å². The molecule has 0 aromatic heterocycles. The van der Waals surface area contributed by atoms with E-state index in [2.05, 4.69) is 5.32 Å². The highest BCUT2D eigenvalue weighted by Crippen LogP contribution is 2.31. The Bertz CT molecular complexity index is 606. The molecular formula is C17H24N2O3S. The van der Waals surface area contributed by atoms with E-state index in [0.717, 1.165) is 11.8 Å². The van der Waals surface area contributed by atoms with Crippen LogP contribution >= 0.6 is 11.8 Å². The fourth-order valence-corrected chi connectivity index (χ4v) is 2.70. The number of nitrogens with two attached hydrogens (primary N) is 1. The molecular weight excluding hydrogens is 312 g/mol. The fraction of sp³-hybridized carbons (Fsp3) is 0.471. The van der Waals surface area contributed by atoms with Crippen LogP contribution in [0.5, 0.6) is 0 Å². The van der Waals surface area contributed by atoms with E-state index in [1.165, 1.54) is 0 Å². The molecule has 0 saturated heterocycles. The molecule has 0 bridgehead atoms. The molecule has 1 aromatic carbocycles. The summed E-state index contributed by atoms with van der Waals surface area (Å²) in [5.41, 5.74) is 5.18. The molecule has 1 rings (SSSR count). The molecule has 0 aliphatic rings. The summed E-state index contributed by atoms with van der Waals surface area (Å²) in [6.45, 7) is 9.09. The number of carbonyl (C=O) groups excluding carboxylic acids is 3. The maximum Gasteiger partial charge on any atom is 0.253 e. The Labute approximate surface area is 141 Å². The molecule has 0 radical (unpaired) electrons. The molecule has 0 aliphatic carbocycles. The van der Waals surface area contributed by atoms with Crippen molar-refractivity contribution in [3.8, 4) is 0 Å². The van der Waals surface area contributed by atoms with Crippen molar-refractivity contribution in [1.82, 2.24) is 5.32 Å². The highest BCUT2D eigenvalue weighted by Gasteiger charge is 2.26. The highest BCUT2D eigenvalue weighted by atomic mass is 32.2. The molecule has 3 N–H and O–H groups in total. The minimum Gasteiger partial charge on any atom is -0.368 e. The maximum atomic E-state index is 12.5. The molecule has 0 saturated carbocycles. The van der Waals surface area contributed by atoms with Gasteiger partial charge in [0, 0.05) is 10.3 Å². The van der Waals surface area contributed by atoms with Crippen LogP contribution in [0.15, 0.2) is 29.2 Å². The SMILES string of the molecule is CC(C)[C@H](NC(=O)c1ccccc1SC(=O)C(C)(C)C)C(N)=O. The van der Waals surface area contributed by atoms with Gasteiger partial charge in [-0.15, -0.1) is 0 Å². The summed E-state index contributed by atoms with van der Waals surface area (Å²) in [5.74, 6) is -1.11. The van der Waals surface area contributed by atoms with Crippen LogP contribution in [0.1, 0.15) is 45.0 Å². The molecule has 1 atom stereocenters. The van der Waals surface area contributed by atoms with E-state index in [1.54, 1.807) is 38.1 Å². The Kier molecular flexibility index (Phi) is 6.38. The molecule has 1 aromatic rings. The van der Waals surface area contributed by atoms with Gasteiger partial charge in [-0.05, 0) is 18.1 Å². The second-order valence-electron chi connectivity index (χ2n) is 6.73. The predicted molar refractivity (Wildman–Crippen MR) is 92.0 cm³/mol. The van der Waals surface area contributed by atoms with Crippen molar-refractivity contribution < 1.29 is 14.4 Å². The van der Waals surface area contributed by atoms with E-state index in [0.29, 0.717) is 10.5 Å². The Hall–Kier alpha value is -1.82. The van der Waals surface area contributed by atoms with Gasteiger partial charge >= 0.3 is 0 Å². The Morgan fingerprint density at radius 1 is 1.13 bits per heavy atom. The van der Waals surface area contributed by atoms with Crippen LogP contribution in [-0.2, 0) is 9.59 Å². The lowest BCUT2D eigenvalue weighted by Gasteiger charge is -2.20. The van der Waals surface area contributed by atoms with Crippen molar-refractivity contribution in [3.63, 3.8) is 0 Å². The fourth-order valence-electron chi connectivity index (χ4n) is 1.78. The third kappa shape index (κ3) is 5.39. The average Bonchev–Trinajstić information content (AvgIpc) is 2.43. The average molecular weight is 336 g/mol. The van der Waals surface area contributed by atoms with Crippen molar-refractivity contribution >= 4 is 28.7 Å². The number of carbonyl (C=O) groups is 3. The summed E-state index contributed by atoms with van der Waals surface area (Å²) in [6, 6.07) is 6.08. The van der Waals surface area contributed by atoms with Gasteiger partial charge in [-0.1, -0.05) is 58.5 Å². The van der Waals surface area contributed by atoms with E-state index in [4.69, 9.17) is 5.73 Å². The van der Waals surface area contributed by atoms with Crippen molar-refractivity contribution in [3.05, 3.63) is 29.8 Å². The minimum atomic E-state index is -0.751. The smallest absolute Gasteiger partial charge is 0.253 e. The third-order valence-corrected chi connectivity index (χ3v) is 4.58. The first-order valence-electron chi connectivity index (χ1n) is 7.45. The van der Waals surface area contributed by atoms with Gasteiger partial charge in [0.25, 0.3) is 5.91 Å². The van der Waals surface area contributed by atoms with Crippen molar-refractivity contribution in [1.29, 1.82) is 0 Å². The van der Waals surface area contributed by atoms with E-state index in [1.807, 2.05) is 20.8 Å². The summed E-state index contributed by atoms with van der Waals surface area (Å²) in [6.07, 6.45) is 0. The van der Waals surface area contributed by atoms with Crippen LogP contribution in [0.3, 0.4) is 0 Å². The number of rotatable bonds is 5. The molecule has 0 unspecified atom stereocenters. The molecule has 126 valence electrons. The number of hydrogen-bond acceptors (Lipinski definition) is 4. The van der Waals surface area contributed by atoms with Crippen LogP contribution in [-0.4, -0.2) is 23.0 Å². The first-order valence-corrected chi connectivity index (χ1v) is 8.27. The first kappa shape index (κ1) is 19.2. The lowest BCUT2D eigenvalue weighted by atomic mass is 10.00. The summed E-state index contributed by atoms with van der Waals surface area (Å²) in [5, 5.41) is 2.61. The Morgan fingerprint density at radius 3 is 2.17 bits per heavy atom. The Morgan fingerprint density at radius 2 is 1.70 bits per heavy atom. The standard InChI is InChI=1S/C17H24N2O3S/c1-10(2)13(14(18)20)19-15(21)11-8-6-7-9-12(11)23-16(22)17(3,4)5/h6-10,13H,1-5H3,(H2,18,20)(H,19,21)/t13-/m0/s1. The highest BCUT2D eigenvalue weighted by molar-refractivity contribution is 8.13. The van der Waals surface area contributed by atoms with Gasteiger partial charge in [-0.2, -0.15) is 0 Å². The van der Waals surface area contributed by atoms with E-state index in [9.17, 15) is 14.4 Å². The minimum absolute atomic E-state index is 0.0342. The van der Waals surface area contributed by atoms with E-state index < -0.39 is 23.3 Å². The maximum absolute atomic E-state index is 12.5. The lowest BCUT2D eigenvalue weighted by molar-refractivity contribution is -0.120. The predicted octanol–water partition coefficient (Wildman–Crippen LogP) is 2.59. The van der Waals surface area contributed by atoms with Crippen LogP contribution in [0.4, 0.5) is 0 Å². The number of amides is 2. The quantitative estimate of drug-likeness (QED) is 0.809. The zero-order valence-corrected chi connectivity index (χ0v) is 15.0. The lowest BCUT2D eigenvalue weighted by Crippen LogP contribution is -2.47. The monoisotopic (exact) mass is 336 g/mol. The van der Waals surface area contributed by atoms with E-state index in [-0.39, 0.29) is 11.0 Å². The van der Waals surface area contributed by atoms with Crippen molar-refractivity contribution in [2.24, 2.45) is 17.1 Å². The van der Waals surface area contributed by atoms with Gasteiger partial charge < -0.3 is 11.1 Å².